The molecule has 2 nitrogen and oxygen atoms in total. The standard InChI is InChI=1S/C13H12FNO/c1-8(2)12-6-9(7-16)10-4-3-5-11(14)13(10)15-12/h3-8H,1-2H3. The molecule has 0 atom stereocenters. The van der Waals surface area contributed by atoms with Crippen LogP contribution >= 0.6 is 0 Å². The van der Waals surface area contributed by atoms with E-state index in [9.17, 15) is 9.18 Å². The van der Waals surface area contributed by atoms with Crippen molar-refractivity contribution in [2.24, 2.45) is 0 Å². The summed E-state index contributed by atoms with van der Waals surface area (Å²) in [5.74, 6) is -0.217. The van der Waals surface area contributed by atoms with Gasteiger partial charge in [0.1, 0.15) is 11.3 Å². The summed E-state index contributed by atoms with van der Waals surface area (Å²) in [5.41, 5.74) is 1.50. The molecule has 0 amide bonds. The number of hydrogen-bond acceptors (Lipinski definition) is 2. The largest absolute Gasteiger partial charge is 0.298 e. The van der Waals surface area contributed by atoms with Gasteiger partial charge in [0.05, 0.1) is 0 Å². The summed E-state index contributed by atoms with van der Waals surface area (Å²) in [5, 5.41) is 0.569. The molecular weight excluding hydrogens is 205 g/mol. The quantitative estimate of drug-likeness (QED) is 0.722. The first-order valence-electron chi connectivity index (χ1n) is 5.18. The van der Waals surface area contributed by atoms with Crippen LogP contribution in [0.25, 0.3) is 10.9 Å². The van der Waals surface area contributed by atoms with Crippen LogP contribution in [0.3, 0.4) is 0 Å². The molecule has 0 saturated heterocycles. The molecule has 1 heterocycles. The summed E-state index contributed by atoms with van der Waals surface area (Å²) < 4.78 is 13.6. The van der Waals surface area contributed by atoms with Gasteiger partial charge in [-0.05, 0) is 18.1 Å². The summed E-state index contributed by atoms with van der Waals surface area (Å²) >= 11 is 0. The van der Waals surface area contributed by atoms with E-state index in [1.807, 2.05) is 13.8 Å². The van der Waals surface area contributed by atoms with Gasteiger partial charge in [-0.2, -0.15) is 0 Å². The van der Waals surface area contributed by atoms with Gasteiger partial charge in [0.15, 0.2) is 6.29 Å². The highest BCUT2D eigenvalue weighted by molar-refractivity contribution is 5.96. The Morgan fingerprint density at radius 2 is 2.12 bits per heavy atom. The molecule has 0 spiro atoms. The fourth-order valence-electron chi connectivity index (χ4n) is 1.65. The SMILES string of the molecule is CC(C)c1cc(C=O)c2cccc(F)c2n1. The Bertz CT molecular complexity index is 549. The molecule has 0 unspecified atom stereocenters. The van der Waals surface area contributed by atoms with E-state index in [0.29, 0.717) is 10.9 Å². The minimum atomic E-state index is -0.386. The Morgan fingerprint density at radius 1 is 1.38 bits per heavy atom. The van der Waals surface area contributed by atoms with Gasteiger partial charge in [0.25, 0.3) is 0 Å². The Balaban J connectivity index is 2.84. The molecule has 82 valence electrons. The van der Waals surface area contributed by atoms with E-state index in [1.54, 1.807) is 18.2 Å². The molecule has 0 radical (unpaired) electrons. The van der Waals surface area contributed by atoms with Crippen LogP contribution < -0.4 is 0 Å². The molecule has 0 aliphatic rings. The third-order valence-corrected chi connectivity index (χ3v) is 2.56. The molecule has 2 aromatic rings. The normalized spacial score (nSPS) is 11.0. The van der Waals surface area contributed by atoms with Crippen LogP contribution in [0.15, 0.2) is 24.3 Å². The number of halogens is 1. The van der Waals surface area contributed by atoms with Crippen LogP contribution in [0.2, 0.25) is 0 Å². The molecule has 0 aliphatic heterocycles. The fourth-order valence-corrected chi connectivity index (χ4v) is 1.65. The van der Waals surface area contributed by atoms with Crippen molar-refractivity contribution < 1.29 is 9.18 Å². The molecule has 0 saturated carbocycles. The van der Waals surface area contributed by atoms with Crippen molar-refractivity contribution in [2.45, 2.75) is 19.8 Å². The van der Waals surface area contributed by atoms with Crippen LogP contribution in [0, 0.1) is 5.82 Å². The number of hydrogen-bond donors (Lipinski definition) is 0. The predicted octanol–water partition coefficient (Wildman–Crippen LogP) is 3.31. The molecule has 2 rings (SSSR count). The minimum Gasteiger partial charge on any atom is -0.298 e. The molecule has 1 aromatic heterocycles. The van der Waals surface area contributed by atoms with Crippen molar-refractivity contribution in [3.05, 3.63) is 41.3 Å². The van der Waals surface area contributed by atoms with Gasteiger partial charge in [-0.25, -0.2) is 9.37 Å². The van der Waals surface area contributed by atoms with Gasteiger partial charge >= 0.3 is 0 Å². The number of carbonyl (C=O) groups excluding carboxylic acids is 1. The van der Waals surface area contributed by atoms with E-state index in [-0.39, 0.29) is 17.3 Å². The van der Waals surface area contributed by atoms with Crippen LogP contribution in [0.1, 0.15) is 35.8 Å². The lowest BCUT2D eigenvalue weighted by molar-refractivity contribution is 0.112. The Morgan fingerprint density at radius 3 is 2.75 bits per heavy atom. The van der Waals surface area contributed by atoms with E-state index in [4.69, 9.17) is 0 Å². The molecule has 0 bridgehead atoms. The summed E-state index contributed by atoms with van der Waals surface area (Å²) in [6.07, 6.45) is 0.745. The lowest BCUT2D eigenvalue weighted by atomic mass is 10.0. The number of rotatable bonds is 2. The van der Waals surface area contributed by atoms with Gasteiger partial charge in [0.2, 0.25) is 0 Å². The zero-order valence-corrected chi connectivity index (χ0v) is 9.20. The first-order valence-corrected chi connectivity index (χ1v) is 5.18. The van der Waals surface area contributed by atoms with Gasteiger partial charge in [-0.1, -0.05) is 26.0 Å². The molecule has 16 heavy (non-hydrogen) atoms. The highest BCUT2D eigenvalue weighted by atomic mass is 19.1. The third-order valence-electron chi connectivity index (χ3n) is 2.56. The lowest BCUT2D eigenvalue weighted by Gasteiger charge is -2.08. The molecule has 3 heteroatoms. The van der Waals surface area contributed by atoms with Crippen molar-refractivity contribution in [1.29, 1.82) is 0 Å². The number of fused-ring (bicyclic) bond motifs is 1. The average Bonchev–Trinajstić information content (AvgIpc) is 2.28. The van der Waals surface area contributed by atoms with Gasteiger partial charge in [-0.3, -0.25) is 4.79 Å². The van der Waals surface area contributed by atoms with Crippen LogP contribution in [-0.2, 0) is 0 Å². The van der Waals surface area contributed by atoms with E-state index < -0.39 is 0 Å². The maximum absolute atomic E-state index is 13.6. The van der Waals surface area contributed by atoms with Gasteiger partial charge in [-0.15, -0.1) is 0 Å². The molecule has 0 N–H and O–H groups in total. The van der Waals surface area contributed by atoms with Crippen LogP contribution in [-0.4, -0.2) is 11.3 Å². The second-order valence-electron chi connectivity index (χ2n) is 4.04. The average molecular weight is 217 g/mol. The van der Waals surface area contributed by atoms with Crippen LogP contribution in [0.4, 0.5) is 4.39 Å². The Hall–Kier alpha value is -1.77. The number of aromatic nitrogens is 1. The smallest absolute Gasteiger partial charge is 0.150 e. The summed E-state index contributed by atoms with van der Waals surface area (Å²) in [7, 11) is 0. The highest BCUT2D eigenvalue weighted by Gasteiger charge is 2.10. The number of aldehydes is 1. The van der Waals surface area contributed by atoms with Crippen molar-refractivity contribution >= 4 is 17.2 Å². The lowest BCUT2D eigenvalue weighted by Crippen LogP contribution is -1.98. The second kappa shape index (κ2) is 4.00. The summed E-state index contributed by atoms with van der Waals surface area (Å²) in [6.45, 7) is 3.92. The van der Waals surface area contributed by atoms with E-state index in [0.717, 1.165) is 12.0 Å². The minimum absolute atomic E-state index is 0.169. The van der Waals surface area contributed by atoms with Crippen molar-refractivity contribution in [3.63, 3.8) is 0 Å². The number of carbonyl (C=O) groups is 1. The van der Waals surface area contributed by atoms with E-state index in [1.165, 1.54) is 6.07 Å². The van der Waals surface area contributed by atoms with Crippen molar-refractivity contribution in [1.82, 2.24) is 4.98 Å². The Labute approximate surface area is 93.1 Å². The number of para-hydroxylation sites is 1. The van der Waals surface area contributed by atoms with Crippen LogP contribution in [0.5, 0.6) is 0 Å². The molecule has 1 aromatic carbocycles. The maximum atomic E-state index is 13.6. The zero-order valence-electron chi connectivity index (χ0n) is 9.20. The highest BCUT2D eigenvalue weighted by Crippen LogP contribution is 2.23. The van der Waals surface area contributed by atoms with E-state index >= 15 is 0 Å². The summed E-state index contributed by atoms with van der Waals surface area (Å²) in [4.78, 5) is 15.2. The molecule has 0 fully saturated rings. The predicted molar refractivity (Wildman–Crippen MR) is 61.2 cm³/mol. The fraction of sp³-hybridized carbons (Fsp3) is 0.231. The third kappa shape index (κ3) is 1.69. The number of benzene rings is 1. The zero-order chi connectivity index (χ0) is 11.7. The van der Waals surface area contributed by atoms with Crippen molar-refractivity contribution in [2.75, 3.05) is 0 Å². The number of pyridine rings is 1. The second-order valence-corrected chi connectivity index (χ2v) is 4.04. The number of nitrogens with zero attached hydrogens (tertiary/aromatic N) is 1. The van der Waals surface area contributed by atoms with E-state index in [2.05, 4.69) is 4.98 Å². The summed E-state index contributed by atoms with van der Waals surface area (Å²) in [6, 6.07) is 6.37. The van der Waals surface area contributed by atoms with Gasteiger partial charge in [0, 0.05) is 16.6 Å². The Kier molecular flexibility index (Phi) is 2.69. The molecule has 0 aliphatic carbocycles. The maximum Gasteiger partial charge on any atom is 0.150 e. The topological polar surface area (TPSA) is 30.0 Å². The van der Waals surface area contributed by atoms with Crippen molar-refractivity contribution in [3.8, 4) is 0 Å². The monoisotopic (exact) mass is 217 g/mol. The first kappa shape index (κ1) is 10.7. The first-order chi connectivity index (χ1) is 7.63. The molecular formula is C13H12FNO. The van der Waals surface area contributed by atoms with Gasteiger partial charge < -0.3 is 0 Å².